The van der Waals surface area contributed by atoms with Crippen molar-refractivity contribution < 1.29 is 14.0 Å². The van der Waals surface area contributed by atoms with Crippen molar-refractivity contribution in [1.29, 1.82) is 0 Å². The van der Waals surface area contributed by atoms with Crippen LogP contribution in [-0.4, -0.2) is 51.8 Å². The monoisotopic (exact) mass is 510 g/mol. The van der Waals surface area contributed by atoms with Crippen LogP contribution in [-0.2, 0) is 22.7 Å². The number of aromatic nitrogens is 1. The Morgan fingerprint density at radius 3 is 2.55 bits per heavy atom. The minimum atomic E-state index is -0.570. The molecule has 0 radical (unpaired) electrons. The molecule has 0 saturated carbocycles. The van der Waals surface area contributed by atoms with Crippen LogP contribution in [0.1, 0.15) is 31.9 Å². The molecule has 0 bridgehead atoms. The molecule has 2 amide bonds. The van der Waals surface area contributed by atoms with Crippen LogP contribution in [0.2, 0.25) is 0 Å². The van der Waals surface area contributed by atoms with Crippen LogP contribution in [0.25, 0.3) is 22.2 Å². The fourth-order valence-corrected chi connectivity index (χ4v) is 5.26. The largest absolute Gasteiger partial charge is 0.464 e. The minimum Gasteiger partial charge on any atom is -0.464 e. The Balaban J connectivity index is 1.32. The van der Waals surface area contributed by atoms with Gasteiger partial charge in [-0.25, -0.2) is 0 Å². The lowest BCUT2D eigenvalue weighted by molar-refractivity contribution is -0.150. The maximum absolute atomic E-state index is 13.6. The van der Waals surface area contributed by atoms with Crippen LogP contribution in [0.3, 0.4) is 0 Å². The predicted octanol–water partition coefficient (Wildman–Crippen LogP) is 4.87. The number of hydrogen-bond acceptors (Lipinski definition) is 5. The topological polar surface area (TPSA) is 78.7 Å². The molecular formula is C31H34N4O3. The Hall–Kier alpha value is -3.97. The summed E-state index contributed by atoms with van der Waals surface area (Å²) in [7, 11) is 0. The second-order valence-corrected chi connectivity index (χ2v) is 10.3. The first-order chi connectivity index (χ1) is 18.4. The van der Waals surface area contributed by atoms with E-state index in [1.54, 1.807) is 11.2 Å². The summed E-state index contributed by atoms with van der Waals surface area (Å²) in [5, 5.41) is 4.18. The van der Waals surface area contributed by atoms with Gasteiger partial charge in [-0.05, 0) is 36.2 Å². The molecule has 1 fully saturated rings. The molecule has 38 heavy (non-hydrogen) atoms. The third-order valence-corrected chi connectivity index (χ3v) is 7.15. The van der Waals surface area contributed by atoms with Gasteiger partial charge in [0, 0.05) is 55.3 Å². The maximum Gasteiger partial charge on any atom is 0.244 e. The van der Waals surface area contributed by atoms with Crippen LogP contribution in [0, 0.1) is 5.92 Å². The molecule has 0 unspecified atom stereocenters. The number of para-hydroxylation sites is 1. The molecule has 0 spiro atoms. The number of furan rings is 1. The van der Waals surface area contributed by atoms with Gasteiger partial charge in [0.15, 0.2) is 0 Å². The van der Waals surface area contributed by atoms with Crippen molar-refractivity contribution in [2.75, 3.05) is 13.1 Å². The van der Waals surface area contributed by atoms with E-state index in [9.17, 15) is 9.59 Å². The number of amides is 2. The van der Waals surface area contributed by atoms with Gasteiger partial charge in [0.25, 0.3) is 0 Å². The van der Waals surface area contributed by atoms with E-state index in [1.165, 1.54) is 0 Å². The Bertz CT molecular complexity index is 1390. The summed E-state index contributed by atoms with van der Waals surface area (Å²) in [6, 6.07) is 21.2. The summed E-state index contributed by atoms with van der Waals surface area (Å²) in [6.45, 7) is 8.02. The smallest absolute Gasteiger partial charge is 0.244 e. The number of benzene rings is 2. The Morgan fingerprint density at radius 2 is 1.82 bits per heavy atom. The number of carbonyl (C=O) groups excluding carboxylic acids is 2. The molecule has 2 atom stereocenters. The minimum absolute atomic E-state index is 0.00642. The molecule has 7 nitrogen and oxygen atoms in total. The van der Waals surface area contributed by atoms with Crippen molar-refractivity contribution in [3.8, 4) is 11.3 Å². The van der Waals surface area contributed by atoms with Crippen molar-refractivity contribution in [1.82, 2.24) is 20.1 Å². The first-order valence-corrected chi connectivity index (χ1v) is 13.2. The van der Waals surface area contributed by atoms with E-state index in [-0.39, 0.29) is 23.8 Å². The van der Waals surface area contributed by atoms with E-state index in [2.05, 4.69) is 33.4 Å². The highest BCUT2D eigenvalue weighted by atomic mass is 16.3. The van der Waals surface area contributed by atoms with Crippen molar-refractivity contribution in [3.63, 3.8) is 0 Å². The molecule has 1 aliphatic heterocycles. The summed E-state index contributed by atoms with van der Waals surface area (Å²) in [4.78, 5) is 35.4. The number of pyridine rings is 1. The molecule has 1 N–H and O–H groups in total. The fraction of sp³-hybridized carbons (Fsp3) is 0.323. The summed E-state index contributed by atoms with van der Waals surface area (Å²) in [5.74, 6) is 0.491. The molecule has 0 aliphatic carbocycles. The van der Waals surface area contributed by atoms with Gasteiger partial charge in [-0.1, -0.05) is 62.4 Å². The van der Waals surface area contributed by atoms with Crippen LogP contribution < -0.4 is 5.32 Å². The lowest BCUT2D eigenvalue weighted by Crippen LogP contribution is -2.64. The zero-order chi connectivity index (χ0) is 26.6. The molecule has 196 valence electrons. The molecule has 7 heteroatoms. The lowest BCUT2D eigenvalue weighted by atomic mass is 10.0. The summed E-state index contributed by atoms with van der Waals surface area (Å²) >= 11 is 0. The lowest BCUT2D eigenvalue weighted by Gasteiger charge is -2.45. The van der Waals surface area contributed by atoms with Crippen molar-refractivity contribution in [3.05, 3.63) is 90.3 Å². The third kappa shape index (κ3) is 5.48. The maximum atomic E-state index is 13.6. The van der Waals surface area contributed by atoms with Gasteiger partial charge >= 0.3 is 0 Å². The van der Waals surface area contributed by atoms with Gasteiger partial charge in [0.2, 0.25) is 11.8 Å². The van der Waals surface area contributed by atoms with E-state index in [0.29, 0.717) is 26.2 Å². The Labute approximate surface area is 223 Å². The fourth-order valence-electron chi connectivity index (χ4n) is 5.26. The highest BCUT2D eigenvalue weighted by molar-refractivity contribution is 5.89. The van der Waals surface area contributed by atoms with Gasteiger partial charge in [-0.15, -0.1) is 0 Å². The van der Waals surface area contributed by atoms with Gasteiger partial charge < -0.3 is 14.6 Å². The summed E-state index contributed by atoms with van der Waals surface area (Å²) in [5.41, 5.74) is 4.06. The van der Waals surface area contributed by atoms with Gasteiger partial charge in [0.1, 0.15) is 11.8 Å². The van der Waals surface area contributed by atoms with E-state index >= 15 is 0 Å². The zero-order valence-electron chi connectivity index (χ0n) is 22.1. The number of rotatable bonds is 7. The highest BCUT2D eigenvalue weighted by Gasteiger charge is 2.40. The zero-order valence-corrected chi connectivity index (χ0v) is 22.1. The van der Waals surface area contributed by atoms with Crippen LogP contribution in [0.15, 0.2) is 83.6 Å². The van der Waals surface area contributed by atoms with E-state index in [0.717, 1.165) is 33.4 Å². The SMILES string of the molecule is CC(C)C(=O)N1[C@H](C)CN(Cc2cccc3cccnc23)C[C@@H]1C(=O)NCc1ccc(-c2ccco2)cc1. The number of piperazine rings is 1. The average molecular weight is 511 g/mol. The summed E-state index contributed by atoms with van der Waals surface area (Å²) < 4.78 is 5.46. The standard InChI is InChI=1S/C31H34N4O3/c1-21(2)31(37)35-22(3)18-34(19-26-8-4-7-25-9-5-15-32-29(25)26)20-27(35)30(36)33-17-23-11-13-24(14-12-23)28-10-6-16-38-28/h4-16,21-22,27H,17-20H2,1-3H3,(H,33,36)/t22-,27-/m1/s1. The number of hydrogen-bond donors (Lipinski definition) is 1. The summed E-state index contributed by atoms with van der Waals surface area (Å²) in [6.07, 6.45) is 3.46. The highest BCUT2D eigenvalue weighted by Crippen LogP contribution is 2.24. The Kier molecular flexibility index (Phi) is 7.56. The second-order valence-electron chi connectivity index (χ2n) is 10.3. The van der Waals surface area contributed by atoms with Crippen LogP contribution in [0.4, 0.5) is 0 Å². The average Bonchev–Trinajstić information content (AvgIpc) is 3.47. The van der Waals surface area contributed by atoms with E-state index in [4.69, 9.17) is 4.42 Å². The van der Waals surface area contributed by atoms with Crippen molar-refractivity contribution >= 4 is 22.7 Å². The van der Waals surface area contributed by atoms with Crippen molar-refractivity contribution in [2.24, 2.45) is 5.92 Å². The number of carbonyl (C=O) groups is 2. The Morgan fingerprint density at radius 1 is 1.03 bits per heavy atom. The third-order valence-electron chi connectivity index (χ3n) is 7.15. The number of nitrogens with one attached hydrogen (secondary N) is 1. The molecule has 3 heterocycles. The van der Waals surface area contributed by atoms with Crippen molar-refractivity contribution in [2.45, 2.75) is 45.9 Å². The second kappa shape index (κ2) is 11.2. The normalized spacial score (nSPS) is 18.2. The van der Waals surface area contributed by atoms with E-state index in [1.807, 2.05) is 75.5 Å². The molecule has 1 aliphatic rings. The molecular weight excluding hydrogens is 476 g/mol. The number of fused-ring (bicyclic) bond motifs is 1. The molecule has 1 saturated heterocycles. The number of nitrogens with zero attached hydrogens (tertiary/aromatic N) is 3. The first-order valence-electron chi connectivity index (χ1n) is 13.2. The quantitative estimate of drug-likeness (QED) is 0.384. The first kappa shape index (κ1) is 25.7. The van der Waals surface area contributed by atoms with E-state index < -0.39 is 6.04 Å². The van der Waals surface area contributed by atoms with Crippen LogP contribution >= 0.6 is 0 Å². The van der Waals surface area contributed by atoms with Crippen LogP contribution in [0.5, 0.6) is 0 Å². The van der Waals surface area contributed by atoms with Gasteiger partial charge in [-0.2, -0.15) is 0 Å². The van der Waals surface area contributed by atoms with Gasteiger partial charge in [0.05, 0.1) is 11.8 Å². The molecule has 2 aromatic carbocycles. The molecule has 4 aromatic rings. The molecule has 2 aromatic heterocycles. The van der Waals surface area contributed by atoms with Gasteiger partial charge in [-0.3, -0.25) is 19.5 Å². The predicted molar refractivity (Wildman–Crippen MR) is 148 cm³/mol. The molecule has 5 rings (SSSR count).